The molecule has 7 fully saturated rings. The van der Waals surface area contributed by atoms with Crippen LogP contribution < -0.4 is 0 Å². The Hall–Kier alpha value is -1.77. The third-order valence-electron chi connectivity index (χ3n) is 18.9. The Morgan fingerprint density at radius 3 is 1.96 bits per heavy atom. The van der Waals surface area contributed by atoms with Gasteiger partial charge in [-0.3, -0.25) is 0 Å². The zero-order valence-corrected chi connectivity index (χ0v) is 44.5. The predicted molar refractivity (Wildman–Crippen MR) is 257 cm³/mol. The van der Waals surface area contributed by atoms with Gasteiger partial charge in [-0.15, -0.1) is 0 Å². The van der Waals surface area contributed by atoms with Crippen molar-refractivity contribution in [1.29, 1.82) is 0 Å². The second kappa shape index (κ2) is 22.9. The maximum Gasteiger partial charge on any atom is 0.333 e. The summed E-state index contributed by atoms with van der Waals surface area (Å²) in [6, 6.07) is 0. The van der Waals surface area contributed by atoms with Crippen LogP contribution in [-0.2, 0) is 61.6 Å². The van der Waals surface area contributed by atoms with Gasteiger partial charge in [0.05, 0.1) is 54.9 Å². The molecule has 0 aromatic carbocycles. The molecule has 7 N–H and O–H groups in total. The number of aliphatic hydroxyl groups is 7. The molecule has 0 aromatic heterocycles. The fourth-order valence-electron chi connectivity index (χ4n) is 14.5. The average molecular weight is 1040 g/mol. The summed E-state index contributed by atoms with van der Waals surface area (Å²) in [5.74, 6) is -0.562. The molecule has 20 nitrogen and oxygen atoms in total. The van der Waals surface area contributed by atoms with Crippen LogP contribution in [0.5, 0.6) is 0 Å². The number of rotatable bonds is 15. The third kappa shape index (κ3) is 10.5. The number of carbonyl (C=O) groups excluding carboxylic acids is 1. The van der Waals surface area contributed by atoms with Gasteiger partial charge < -0.3 is 92.6 Å². The molecule has 8 aliphatic rings. The van der Waals surface area contributed by atoms with Gasteiger partial charge in [-0.05, 0) is 110 Å². The average Bonchev–Trinajstić information content (AvgIpc) is 3.65. The minimum absolute atomic E-state index is 0.0426. The molecule has 0 radical (unpaired) electrons. The van der Waals surface area contributed by atoms with Crippen molar-refractivity contribution in [1.82, 2.24) is 0 Å². The Morgan fingerprint density at radius 1 is 0.753 bits per heavy atom. The first-order valence-electron chi connectivity index (χ1n) is 26.7. The van der Waals surface area contributed by atoms with Crippen LogP contribution >= 0.6 is 0 Å². The van der Waals surface area contributed by atoms with Crippen molar-refractivity contribution >= 4 is 5.97 Å². The molecule has 20 heteroatoms. The monoisotopic (exact) mass is 1040 g/mol. The van der Waals surface area contributed by atoms with Gasteiger partial charge in [-0.25, -0.2) is 4.79 Å². The summed E-state index contributed by atoms with van der Waals surface area (Å²) in [7, 11) is 4.57. The maximum absolute atomic E-state index is 13.4. The van der Waals surface area contributed by atoms with Gasteiger partial charge in [0.2, 0.25) is 0 Å². The van der Waals surface area contributed by atoms with E-state index in [0.717, 1.165) is 12.8 Å². The molecule has 418 valence electrons. The summed E-state index contributed by atoms with van der Waals surface area (Å²) in [5.41, 5.74) is -0.339. The molecule has 73 heavy (non-hydrogen) atoms. The van der Waals surface area contributed by atoms with Crippen LogP contribution in [0.25, 0.3) is 0 Å². The molecule has 0 aromatic rings. The lowest BCUT2D eigenvalue weighted by Crippen LogP contribution is -2.67. The highest BCUT2D eigenvalue weighted by molar-refractivity contribution is 5.87. The number of hydrogen-bond donors (Lipinski definition) is 7. The standard InChI is InChI=1S/C53H86O20/c1-12-24(2)48(60)70-37-20-33-32(53(61)18-16-31(25(3)55)52(37,53)8)14-13-29-19-30(15-17-51(29,33)7)68-38-21-34(62-9)44(26(4)65-38)71-39-22-35(63-10)45(27(5)66-39)72-50-43(59)47(64-11)46(28(6)67-50)73-49-42(58)41(57)40(56)36(23-54)69-49/h12-13,25-28,30-47,49-50,54-59,61H,14-23H2,1-11H3/b24-12+/t25?,26-,27-,28-,30+,31-,32-,33+,34+,35+,36-,37-,38+,39+,40-,41+,42-,43-,44+,45+,46-,47-,49+,50+,51+,52+,53+/m1/s1. The van der Waals surface area contributed by atoms with E-state index in [4.69, 9.17) is 56.8 Å². The molecule has 4 aliphatic heterocycles. The van der Waals surface area contributed by atoms with E-state index in [1.54, 1.807) is 41.1 Å². The molecule has 0 spiro atoms. The Kier molecular flexibility index (Phi) is 18.0. The van der Waals surface area contributed by atoms with Gasteiger partial charge in [-0.2, -0.15) is 0 Å². The van der Waals surface area contributed by atoms with Crippen molar-refractivity contribution in [3.63, 3.8) is 0 Å². The van der Waals surface area contributed by atoms with E-state index in [9.17, 15) is 40.5 Å². The van der Waals surface area contributed by atoms with Crippen molar-refractivity contribution in [2.45, 2.75) is 248 Å². The van der Waals surface area contributed by atoms with Crippen LogP contribution in [0.1, 0.15) is 113 Å². The quantitative estimate of drug-likeness (QED) is 0.0705. The zero-order valence-electron chi connectivity index (χ0n) is 44.5. The molecule has 1 unspecified atom stereocenters. The molecule has 8 rings (SSSR count). The number of aliphatic hydroxyl groups excluding tert-OH is 6. The summed E-state index contributed by atoms with van der Waals surface area (Å²) in [6.07, 6.45) is -9.40. The second-order valence-corrected chi connectivity index (χ2v) is 22.8. The fraction of sp³-hybridized carbons (Fsp3) is 0.906. The topological polar surface area (TPSA) is 269 Å². The van der Waals surface area contributed by atoms with E-state index < -0.39 is 140 Å². The van der Waals surface area contributed by atoms with Gasteiger partial charge in [0.1, 0.15) is 61.0 Å². The highest BCUT2D eigenvalue weighted by Gasteiger charge is 2.71. The van der Waals surface area contributed by atoms with Crippen LogP contribution in [0.15, 0.2) is 23.3 Å². The Balaban J connectivity index is 0.865. The van der Waals surface area contributed by atoms with Crippen LogP contribution in [0.3, 0.4) is 0 Å². The number of carbonyl (C=O) groups is 1. The van der Waals surface area contributed by atoms with E-state index in [-0.39, 0.29) is 41.7 Å². The van der Waals surface area contributed by atoms with E-state index in [1.165, 1.54) is 12.7 Å². The second-order valence-electron chi connectivity index (χ2n) is 22.8. The lowest BCUT2D eigenvalue weighted by atomic mass is 9.44. The van der Waals surface area contributed by atoms with Gasteiger partial charge in [0.25, 0.3) is 0 Å². The van der Waals surface area contributed by atoms with E-state index >= 15 is 0 Å². The van der Waals surface area contributed by atoms with E-state index in [0.29, 0.717) is 44.1 Å². The predicted octanol–water partition coefficient (Wildman–Crippen LogP) is 2.31. The highest BCUT2D eigenvalue weighted by atomic mass is 16.8. The van der Waals surface area contributed by atoms with Crippen LogP contribution in [0.2, 0.25) is 0 Å². The summed E-state index contributed by atoms with van der Waals surface area (Å²) in [5, 5.41) is 76.2. The molecule has 27 atom stereocenters. The number of ether oxygens (including phenoxy) is 12. The minimum atomic E-state index is -1.67. The molecule has 4 heterocycles. The maximum atomic E-state index is 13.4. The van der Waals surface area contributed by atoms with Crippen LogP contribution in [0.4, 0.5) is 0 Å². The third-order valence-corrected chi connectivity index (χ3v) is 18.9. The zero-order chi connectivity index (χ0) is 53.1. The lowest BCUT2D eigenvalue weighted by Gasteiger charge is -2.63. The number of allylic oxidation sites excluding steroid dienone is 2. The molecular weight excluding hydrogens is 957 g/mol. The van der Waals surface area contributed by atoms with Gasteiger partial charge in [-0.1, -0.05) is 31.6 Å². The molecular formula is C53H86O20. The minimum Gasteiger partial charge on any atom is -0.458 e. The van der Waals surface area contributed by atoms with Crippen molar-refractivity contribution in [2.75, 3.05) is 27.9 Å². The summed E-state index contributed by atoms with van der Waals surface area (Å²) in [4.78, 5) is 13.4. The molecule has 4 saturated heterocycles. The largest absolute Gasteiger partial charge is 0.458 e. The highest BCUT2D eigenvalue weighted by Crippen LogP contribution is 2.69. The van der Waals surface area contributed by atoms with Crippen molar-refractivity contribution in [3.05, 3.63) is 23.3 Å². The SMILES string of the molecule is C/C=C(\C)C(=O)O[C@@H]1C[C@H]2[C@@H](CC=C3C[C@@H](O[C@H]4C[C@H](OC)[C@@H](O[C@H]5C[C@H](OC)[C@@H](O[C@@H]6O[C@H](C)[C@@H](O[C@@H]7O[C@H](CO)[C@@H](O)[C@H](O)[C@H]7O)[C@H](OC)[C@H]6O)[C@@H](C)O5)[C@@H](C)O4)CC[C@@]32C)[C@@]2(O)CC[C@H](C(C)O)[C@@]12C. The van der Waals surface area contributed by atoms with Gasteiger partial charge in [0.15, 0.2) is 25.2 Å². The Bertz CT molecular complexity index is 1940. The van der Waals surface area contributed by atoms with Gasteiger partial charge >= 0.3 is 5.97 Å². The first-order valence-corrected chi connectivity index (χ1v) is 26.7. The van der Waals surface area contributed by atoms with Crippen molar-refractivity contribution < 1.29 is 97.4 Å². The molecule has 4 aliphatic carbocycles. The summed E-state index contributed by atoms with van der Waals surface area (Å²) >= 11 is 0. The lowest BCUT2D eigenvalue weighted by molar-refractivity contribution is -0.373. The van der Waals surface area contributed by atoms with E-state index in [1.807, 2.05) is 27.7 Å². The van der Waals surface area contributed by atoms with Crippen molar-refractivity contribution in [2.24, 2.45) is 28.6 Å². The number of methoxy groups -OCH3 is 3. The number of fused-ring (bicyclic) bond motifs is 5. The fourth-order valence-corrected chi connectivity index (χ4v) is 14.5. The Morgan fingerprint density at radius 2 is 1.36 bits per heavy atom. The molecule has 0 bridgehead atoms. The number of esters is 1. The van der Waals surface area contributed by atoms with Crippen molar-refractivity contribution in [3.8, 4) is 0 Å². The first kappa shape index (κ1) is 57.4. The van der Waals surface area contributed by atoms with Gasteiger partial charge in [0, 0.05) is 45.2 Å². The summed E-state index contributed by atoms with van der Waals surface area (Å²) in [6.45, 7) is 14.5. The number of hydrogen-bond acceptors (Lipinski definition) is 20. The normalized spacial score (nSPS) is 50.8. The van der Waals surface area contributed by atoms with E-state index in [2.05, 4.69) is 13.0 Å². The Labute approximate surface area is 429 Å². The smallest absolute Gasteiger partial charge is 0.333 e. The van der Waals surface area contributed by atoms with Crippen LogP contribution in [-0.4, -0.2) is 204 Å². The first-order chi connectivity index (χ1) is 34.6. The molecule has 3 saturated carbocycles. The van der Waals surface area contributed by atoms with Crippen LogP contribution in [0, 0.1) is 28.6 Å². The molecule has 0 amide bonds. The summed E-state index contributed by atoms with van der Waals surface area (Å²) < 4.78 is 74.4.